The molecule has 2 heterocycles. The maximum atomic E-state index is 13.2. The Morgan fingerprint density at radius 1 is 1.33 bits per heavy atom. The molecule has 5 nitrogen and oxygen atoms in total. The van der Waals surface area contributed by atoms with E-state index in [-0.39, 0.29) is 5.91 Å². The minimum Gasteiger partial charge on any atom is -0.325 e. The van der Waals surface area contributed by atoms with Crippen molar-refractivity contribution in [1.82, 2.24) is 14.6 Å². The molecule has 0 fully saturated rings. The van der Waals surface area contributed by atoms with E-state index in [0.29, 0.717) is 26.5 Å². The van der Waals surface area contributed by atoms with Crippen LogP contribution in [0.25, 0.3) is 5.65 Å². The molecule has 0 saturated carbocycles. The normalized spacial score (nSPS) is 12.3. The number of benzene rings is 1. The number of hydrogen-bond acceptors (Lipinski definition) is 4. The Bertz CT molecular complexity index is 918. The molecule has 1 N–H and O–H groups in total. The first kappa shape index (κ1) is 17.0. The Balaban J connectivity index is 1.77. The van der Waals surface area contributed by atoms with Crippen LogP contribution in [0.15, 0.2) is 41.7 Å². The SMILES string of the molecule is CC(Sc1nnc2c(Cl)cc(Cl)cn12)C(=O)Nc1cccc(F)c1. The van der Waals surface area contributed by atoms with Gasteiger partial charge in [0.15, 0.2) is 10.8 Å². The van der Waals surface area contributed by atoms with Gasteiger partial charge in [0.1, 0.15) is 5.82 Å². The van der Waals surface area contributed by atoms with Crippen LogP contribution in [-0.4, -0.2) is 25.8 Å². The molecule has 0 bridgehead atoms. The summed E-state index contributed by atoms with van der Waals surface area (Å²) in [5.74, 6) is -0.698. The van der Waals surface area contributed by atoms with Crippen LogP contribution in [0.3, 0.4) is 0 Å². The van der Waals surface area contributed by atoms with Crippen molar-refractivity contribution in [2.75, 3.05) is 5.32 Å². The summed E-state index contributed by atoms with van der Waals surface area (Å²) in [4.78, 5) is 12.3. The van der Waals surface area contributed by atoms with E-state index in [1.807, 2.05) is 0 Å². The summed E-state index contributed by atoms with van der Waals surface area (Å²) >= 11 is 13.2. The topological polar surface area (TPSA) is 59.3 Å². The number of rotatable bonds is 4. The van der Waals surface area contributed by atoms with Crippen molar-refractivity contribution >= 4 is 52.2 Å². The van der Waals surface area contributed by atoms with E-state index in [0.717, 1.165) is 0 Å². The average molecular weight is 385 g/mol. The molecular formula is C15H11Cl2FN4OS. The van der Waals surface area contributed by atoms with E-state index >= 15 is 0 Å². The Morgan fingerprint density at radius 2 is 2.12 bits per heavy atom. The van der Waals surface area contributed by atoms with Gasteiger partial charge in [-0.3, -0.25) is 9.20 Å². The zero-order valence-corrected chi connectivity index (χ0v) is 14.7. The lowest BCUT2D eigenvalue weighted by molar-refractivity contribution is -0.115. The molecule has 0 aliphatic heterocycles. The number of aromatic nitrogens is 3. The van der Waals surface area contributed by atoms with Gasteiger partial charge in [-0.1, -0.05) is 41.0 Å². The highest BCUT2D eigenvalue weighted by Crippen LogP contribution is 2.27. The van der Waals surface area contributed by atoms with Gasteiger partial charge in [-0.25, -0.2) is 4.39 Å². The zero-order valence-electron chi connectivity index (χ0n) is 12.3. The summed E-state index contributed by atoms with van der Waals surface area (Å²) < 4.78 is 14.8. The molecule has 3 rings (SSSR count). The van der Waals surface area contributed by atoms with Crippen molar-refractivity contribution < 1.29 is 9.18 Å². The minimum atomic E-state index is -0.488. The van der Waals surface area contributed by atoms with Gasteiger partial charge in [-0.05, 0) is 31.2 Å². The Labute approximate surface area is 151 Å². The van der Waals surface area contributed by atoms with Gasteiger partial charge in [0, 0.05) is 11.9 Å². The van der Waals surface area contributed by atoms with E-state index in [1.165, 1.54) is 30.0 Å². The van der Waals surface area contributed by atoms with E-state index in [1.54, 1.807) is 29.7 Å². The van der Waals surface area contributed by atoms with Gasteiger partial charge < -0.3 is 5.32 Å². The first-order chi connectivity index (χ1) is 11.4. The number of hydrogen-bond donors (Lipinski definition) is 1. The zero-order chi connectivity index (χ0) is 17.3. The standard InChI is InChI=1S/C15H11Cl2FN4OS/c1-8(14(23)19-11-4-2-3-10(18)6-11)24-15-21-20-13-12(17)5-9(16)7-22(13)15/h2-8H,1H3,(H,19,23). The van der Waals surface area contributed by atoms with Crippen LogP contribution in [-0.2, 0) is 4.79 Å². The van der Waals surface area contributed by atoms with Crippen LogP contribution in [0, 0.1) is 5.82 Å². The Kier molecular flexibility index (Phi) is 4.93. The van der Waals surface area contributed by atoms with Crippen LogP contribution in [0.4, 0.5) is 10.1 Å². The molecule has 1 aromatic carbocycles. The predicted molar refractivity (Wildman–Crippen MR) is 93.4 cm³/mol. The van der Waals surface area contributed by atoms with Gasteiger partial charge in [0.05, 0.1) is 15.3 Å². The van der Waals surface area contributed by atoms with Crippen LogP contribution in [0.1, 0.15) is 6.92 Å². The maximum Gasteiger partial charge on any atom is 0.237 e. The first-order valence-corrected chi connectivity index (χ1v) is 8.50. The van der Waals surface area contributed by atoms with Crippen LogP contribution >= 0.6 is 35.0 Å². The summed E-state index contributed by atoms with van der Waals surface area (Å²) in [6.45, 7) is 1.71. The molecule has 24 heavy (non-hydrogen) atoms. The molecular weight excluding hydrogens is 374 g/mol. The highest BCUT2D eigenvalue weighted by atomic mass is 35.5. The molecule has 124 valence electrons. The highest BCUT2D eigenvalue weighted by molar-refractivity contribution is 8.00. The fourth-order valence-electron chi connectivity index (χ4n) is 2.00. The number of nitrogens with zero attached hydrogens (tertiary/aromatic N) is 3. The number of amides is 1. The summed E-state index contributed by atoms with van der Waals surface area (Å²) in [7, 11) is 0. The van der Waals surface area contributed by atoms with E-state index < -0.39 is 11.1 Å². The third kappa shape index (κ3) is 3.63. The molecule has 1 atom stereocenters. The Morgan fingerprint density at radius 3 is 2.88 bits per heavy atom. The van der Waals surface area contributed by atoms with Gasteiger partial charge in [0.25, 0.3) is 0 Å². The molecule has 0 spiro atoms. The largest absolute Gasteiger partial charge is 0.325 e. The smallest absolute Gasteiger partial charge is 0.237 e. The molecule has 0 radical (unpaired) electrons. The lowest BCUT2D eigenvalue weighted by Gasteiger charge is -2.11. The predicted octanol–water partition coefficient (Wildman–Crippen LogP) is 4.29. The second-order valence-electron chi connectivity index (χ2n) is 4.94. The van der Waals surface area contributed by atoms with Gasteiger partial charge in [-0.15, -0.1) is 10.2 Å². The average Bonchev–Trinajstić information content (AvgIpc) is 2.90. The van der Waals surface area contributed by atoms with Crippen LogP contribution in [0.2, 0.25) is 10.0 Å². The Hall–Kier alpha value is -1.83. The van der Waals surface area contributed by atoms with Crippen molar-refractivity contribution in [2.45, 2.75) is 17.3 Å². The van der Waals surface area contributed by atoms with Crippen molar-refractivity contribution in [3.8, 4) is 0 Å². The molecule has 2 aromatic heterocycles. The van der Waals surface area contributed by atoms with Gasteiger partial charge in [-0.2, -0.15) is 0 Å². The fraction of sp³-hybridized carbons (Fsp3) is 0.133. The van der Waals surface area contributed by atoms with E-state index in [4.69, 9.17) is 23.2 Å². The second kappa shape index (κ2) is 6.96. The number of anilines is 1. The van der Waals surface area contributed by atoms with Crippen LogP contribution < -0.4 is 5.32 Å². The number of fused-ring (bicyclic) bond motifs is 1. The van der Waals surface area contributed by atoms with Crippen molar-refractivity contribution in [3.05, 3.63) is 52.4 Å². The molecule has 0 aliphatic rings. The molecule has 0 saturated heterocycles. The quantitative estimate of drug-likeness (QED) is 0.681. The molecule has 3 aromatic rings. The van der Waals surface area contributed by atoms with Gasteiger partial charge in [0.2, 0.25) is 5.91 Å². The number of nitrogens with one attached hydrogen (secondary N) is 1. The number of pyridine rings is 1. The second-order valence-corrected chi connectivity index (χ2v) is 7.09. The van der Waals surface area contributed by atoms with E-state index in [2.05, 4.69) is 15.5 Å². The number of halogens is 3. The summed E-state index contributed by atoms with van der Waals surface area (Å²) in [5.41, 5.74) is 0.853. The van der Waals surface area contributed by atoms with E-state index in [9.17, 15) is 9.18 Å². The number of carbonyl (C=O) groups excluding carboxylic acids is 1. The minimum absolute atomic E-state index is 0.282. The monoisotopic (exact) mass is 384 g/mol. The molecule has 1 unspecified atom stereocenters. The summed E-state index contributed by atoms with van der Waals surface area (Å²) in [5, 5.41) is 11.5. The fourth-order valence-corrected chi connectivity index (χ4v) is 3.34. The van der Waals surface area contributed by atoms with Gasteiger partial charge >= 0.3 is 0 Å². The lowest BCUT2D eigenvalue weighted by atomic mass is 10.3. The molecule has 0 aliphatic carbocycles. The third-order valence-electron chi connectivity index (χ3n) is 3.14. The van der Waals surface area contributed by atoms with Crippen molar-refractivity contribution in [1.29, 1.82) is 0 Å². The lowest BCUT2D eigenvalue weighted by Crippen LogP contribution is -2.22. The third-order valence-corrected chi connectivity index (χ3v) is 4.68. The number of carbonyl (C=O) groups is 1. The number of thioether (sulfide) groups is 1. The van der Waals surface area contributed by atoms with Crippen LogP contribution in [0.5, 0.6) is 0 Å². The maximum absolute atomic E-state index is 13.2. The highest BCUT2D eigenvalue weighted by Gasteiger charge is 2.19. The molecule has 9 heteroatoms. The summed E-state index contributed by atoms with van der Waals surface area (Å²) in [6.07, 6.45) is 1.63. The van der Waals surface area contributed by atoms with Crippen molar-refractivity contribution in [3.63, 3.8) is 0 Å². The van der Waals surface area contributed by atoms with Crippen molar-refractivity contribution in [2.24, 2.45) is 0 Å². The summed E-state index contributed by atoms with van der Waals surface area (Å²) in [6, 6.07) is 7.27. The first-order valence-electron chi connectivity index (χ1n) is 6.87. The molecule has 1 amide bonds.